The Morgan fingerprint density at radius 3 is 2.70 bits per heavy atom. The number of aliphatic hydroxyl groups excluding tert-OH is 2. The maximum atomic E-state index is 11.4. The van der Waals surface area contributed by atoms with Crippen molar-refractivity contribution in [1.82, 2.24) is 0 Å². The lowest BCUT2D eigenvalue weighted by Crippen LogP contribution is -2.35. The monoisotopic (exact) mass is 276 g/mol. The lowest BCUT2D eigenvalue weighted by molar-refractivity contribution is -0.128. The molecule has 4 heteroatoms. The Hall–Kier alpha value is -1.65. The first-order valence-electron chi connectivity index (χ1n) is 6.91. The van der Waals surface area contributed by atoms with Gasteiger partial charge in [-0.3, -0.25) is 4.79 Å². The number of aromatic hydroxyl groups is 1. The van der Waals surface area contributed by atoms with E-state index in [1.807, 2.05) is 12.1 Å². The van der Waals surface area contributed by atoms with Crippen LogP contribution < -0.4 is 0 Å². The highest BCUT2D eigenvalue weighted by Crippen LogP contribution is 2.25. The Morgan fingerprint density at radius 2 is 1.95 bits per heavy atom. The summed E-state index contributed by atoms with van der Waals surface area (Å²) in [4.78, 5) is 11.4. The van der Waals surface area contributed by atoms with Gasteiger partial charge in [0.25, 0.3) is 0 Å². The van der Waals surface area contributed by atoms with Gasteiger partial charge < -0.3 is 15.3 Å². The number of phenolic OH excluding ortho intramolecular Hbond substituents is 1. The van der Waals surface area contributed by atoms with Gasteiger partial charge in [0.2, 0.25) is 0 Å². The molecule has 3 unspecified atom stereocenters. The molecule has 3 atom stereocenters. The van der Waals surface area contributed by atoms with E-state index in [9.17, 15) is 20.1 Å². The molecule has 4 nitrogen and oxygen atoms in total. The third kappa shape index (κ3) is 3.68. The maximum Gasteiger partial charge on any atom is 0.186 e. The lowest BCUT2D eigenvalue weighted by Gasteiger charge is -2.23. The molecule has 0 spiro atoms. The van der Waals surface area contributed by atoms with Crippen LogP contribution in [0.4, 0.5) is 0 Å². The minimum Gasteiger partial charge on any atom is -0.508 e. The number of aryl methyl sites for hydroxylation is 1. The molecule has 1 aromatic carbocycles. The van der Waals surface area contributed by atoms with E-state index >= 15 is 0 Å². The Kier molecular flexibility index (Phi) is 4.93. The minimum atomic E-state index is -1.32. The smallest absolute Gasteiger partial charge is 0.186 e. The summed E-state index contributed by atoms with van der Waals surface area (Å²) < 4.78 is 0. The number of aliphatic hydroxyl groups is 2. The molecule has 3 N–H and O–H groups in total. The van der Waals surface area contributed by atoms with Crippen LogP contribution in [-0.4, -0.2) is 33.3 Å². The molecule has 108 valence electrons. The summed E-state index contributed by atoms with van der Waals surface area (Å²) in [6, 6.07) is 7.20. The van der Waals surface area contributed by atoms with Crippen molar-refractivity contribution in [2.75, 3.05) is 0 Å². The van der Waals surface area contributed by atoms with Crippen LogP contribution in [0.1, 0.15) is 24.8 Å². The van der Waals surface area contributed by atoms with E-state index in [1.54, 1.807) is 18.2 Å². The molecule has 0 heterocycles. The van der Waals surface area contributed by atoms with Gasteiger partial charge in [-0.15, -0.1) is 0 Å². The van der Waals surface area contributed by atoms with E-state index in [0.29, 0.717) is 19.3 Å². The van der Waals surface area contributed by atoms with E-state index in [0.717, 1.165) is 12.0 Å². The van der Waals surface area contributed by atoms with Crippen LogP contribution in [0.2, 0.25) is 0 Å². The summed E-state index contributed by atoms with van der Waals surface area (Å²) in [7, 11) is 0. The first-order valence-corrected chi connectivity index (χ1v) is 6.91. The van der Waals surface area contributed by atoms with Crippen molar-refractivity contribution in [3.63, 3.8) is 0 Å². The molecule has 20 heavy (non-hydrogen) atoms. The summed E-state index contributed by atoms with van der Waals surface area (Å²) in [6.45, 7) is 0. The number of phenols is 1. The van der Waals surface area contributed by atoms with Gasteiger partial charge in [0.15, 0.2) is 5.78 Å². The van der Waals surface area contributed by atoms with Crippen molar-refractivity contribution in [3.05, 3.63) is 42.0 Å². The zero-order chi connectivity index (χ0) is 14.5. The molecule has 0 bridgehead atoms. The fraction of sp³-hybridized carbons (Fsp3) is 0.438. The Balaban J connectivity index is 1.97. The number of allylic oxidation sites excluding steroid dienone is 1. The first kappa shape index (κ1) is 14.8. The van der Waals surface area contributed by atoms with E-state index in [2.05, 4.69) is 0 Å². The van der Waals surface area contributed by atoms with Gasteiger partial charge in [0.05, 0.1) is 6.10 Å². The van der Waals surface area contributed by atoms with Crippen LogP contribution in [0, 0.1) is 5.92 Å². The van der Waals surface area contributed by atoms with Crippen LogP contribution in [0.3, 0.4) is 0 Å². The molecule has 0 radical (unpaired) electrons. The van der Waals surface area contributed by atoms with E-state index < -0.39 is 18.0 Å². The largest absolute Gasteiger partial charge is 0.508 e. The summed E-state index contributed by atoms with van der Waals surface area (Å²) in [6.07, 6.45) is 3.36. The quantitative estimate of drug-likeness (QED) is 0.783. The van der Waals surface area contributed by atoms with Crippen molar-refractivity contribution in [1.29, 1.82) is 0 Å². The summed E-state index contributed by atoms with van der Waals surface area (Å²) in [5.41, 5.74) is 0.879. The average Bonchev–Trinajstić information content (AvgIpc) is 2.43. The topological polar surface area (TPSA) is 77.8 Å². The molecule has 2 rings (SSSR count). The number of rotatable bonds is 3. The number of ketones is 1. The van der Waals surface area contributed by atoms with Crippen LogP contribution in [-0.2, 0) is 11.2 Å². The van der Waals surface area contributed by atoms with Crippen LogP contribution in [0.25, 0.3) is 0 Å². The van der Waals surface area contributed by atoms with Gasteiger partial charge in [-0.1, -0.05) is 24.3 Å². The van der Waals surface area contributed by atoms with E-state index in [1.165, 1.54) is 6.08 Å². The van der Waals surface area contributed by atoms with Crippen molar-refractivity contribution >= 4 is 5.78 Å². The van der Waals surface area contributed by atoms with Gasteiger partial charge in [0.1, 0.15) is 11.9 Å². The lowest BCUT2D eigenvalue weighted by atomic mass is 9.87. The van der Waals surface area contributed by atoms with Crippen molar-refractivity contribution < 1.29 is 20.1 Å². The molecule has 0 aromatic heterocycles. The number of carbonyl (C=O) groups excluding carboxylic acids is 1. The van der Waals surface area contributed by atoms with Crippen LogP contribution in [0.5, 0.6) is 5.75 Å². The molecular formula is C16H20O4. The van der Waals surface area contributed by atoms with Crippen molar-refractivity contribution in [2.45, 2.75) is 37.9 Å². The molecule has 0 amide bonds. The maximum absolute atomic E-state index is 11.4. The van der Waals surface area contributed by atoms with Crippen molar-refractivity contribution in [2.24, 2.45) is 5.92 Å². The molecule has 1 aromatic rings. The number of hydrogen-bond acceptors (Lipinski definition) is 4. The second-order valence-corrected chi connectivity index (χ2v) is 5.32. The Bertz CT molecular complexity index is 495. The van der Waals surface area contributed by atoms with Gasteiger partial charge >= 0.3 is 0 Å². The highest BCUT2D eigenvalue weighted by Gasteiger charge is 2.26. The molecule has 0 saturated heterocycles. The number of benzene rings is 1. The van der Waals surface area contributed by atoms with Crippen LogP contribution in [0.15, 0.2) is 36.4 Å². The number of para-hydroxylation sites is 1. The number of carbonyl (C=O) groups is 1. The van der Waals surface area contributed by atoms with E-state index in [-0.39, 0.29) is 11.7 Å². The van der Waals surface area contributed by atoms with Crippen molar-refractivity contribution in [3.8, 4) is 5.75 Å². The zero-order valence-electron chi connectivity index (χ0n) is 11.3. The normalized spacial score (nSPS) is 27.1. The number of hydrogen-bond donors (Lipinski definition) is 3. The van der Waals surface area contributed by atoms with Gasteiger partial charge in [-0.05, 0) is 49.3 Å². The SMILES string of the molecule is O=C1C=CCC(CCc2ccccc2O)CC(O)C1O. The predicted octanol–water partition coefficient (Wildman–Crippen LogP) is 1.58. The molecule has 0 fully saturated rings. The third-order valence-corrected chi connectivity index (χ3v) is 3.80. The minimum absolute atomic E-state index is 0.184. The standard InChI is InChI=1S/C16H20O4/c17-13-6-2-1-5-12(13)9-8-11-4-3-7-14(18)16(20)15(19)10-11/h1-3,5-7,11,15-17,19-20H,4,8-10H2. The predicted molar refractivity (Wildman–Crippen MR) is 75.3 cm³/mol. The highest BCUT2D eigenvalue weighted by atomic mass is 16.3. The summed E-state index contributed by atoms with van der Waals surface area (Å²) >= 11 is 0. The van der Waals surface area contributed by atoms with Crippen LogP contribution >= 0.6 is 0 Å². The summed E-state index contributed by atoms with van der Waals surface area (Å²) in [5, 5.41) is 29.2. The molecule has 1 aliphatic rings. The fourth-order valence-corrected chi connectivity index (χ4v) is 2.55. The first-order chi connectivity index (χ1) is 9.58. The Labute approximate surface area is 118 Å². The molecule has 0 saturated carbocycles. The molecule has 1 aliphatic carbocycles. The van der Waals surface area contributed by atoms with Gasteiger partial charge in [-0.25, -0.2) is 0 Å². The van der Waals surface area contributed by atoms with E-state index in [4.69, 9.17) is 0 Å². The van der Waals surface area contributed by atoms with Gasteiger partial charge in [-0.2, -0.15) is 0 Å². The summed E-state index contributed by atoms with van der Waals surface area (Å²) in [5.74, 6) is 0.0323. The Morgan fingerprint density at radius 1 is 1.20 bits per heavy atom. The second-order valence-electron chi connectivity index (χ2n) is 5.32. The zero-order valence-corrected chi connectivity index (χ0v) is 11.3. The highest BCUT2D eigenvalue weighted by molar-refractivity contribution is 5.93. The molecule has 0 aliphatic heterocycles. The average molecular weight is 276 g/mol. The molecular weight excluding hydrogens is 256 g/mol. The van der Waals surface area contributed by atoms with Gasteiger partial charge in [0, 0.05) is 0 Å². The fourth-order valence-electron chi connectivity index (χ4n) is 2.55. The second kappa shape index (κ2) is 6.68. The third-order valence-electron chi connectivity index (χ3n) is 3.80.